The molecule has 1 aromatic carbocycles. The Hall–Kier alpha value is -2.75. The normalized spacial score (nSPS) is 9.18. The quantitative estimate of drug-likeness (QED) is 0.334. The van der Waals surface area contributed by atoms with Crippen LogP contribution in [0.2, 0.25) is 0 Å². The molecular weight excluding hydrogens is 228 g/mol. The number of nitriles is 1. The van der Waals surface area contributed by atoms with Gasteiger partial charge in [-0.25, -0.2) is 4.79 Å². The second-order valence-electron chi connectivity index (χ2n) is 2.90. The summed E-state index contributed by atoms with van der Waals surface area (Å²) < 4.78 is 4.38. The van der Waals surface area contributed by atoms with Gasteiger partial charge in [-0.3, -0.25) is 14.9 Å². The first kappa shape index (κ1) is 12.3. The fourth-order valence-electron chi connectivity index (χ4n) is 1.30. The first-order chi connectivity index (χ1) is 8.06. The first-order valence-electron chi connectivity index (χ1n) is 4.31. The van der Waals surface area contributed by atoms with Gasteiger partial charge in [-0.1, -0.05) is 0 Å². The predicted molar refractivity (Wildman–Crippen MR) is 54.5 cm³/mol. The highest BCUT2D eigenvalue weighted by molar-refractivity contribution is 6.01. The van der Waals surface area contributed by atoms with Gasteiger partial charge < -0.3 is 4.74 Å². The van der Waals surface area contributed by atoms with Crippen LogP contribution in [0, 0.1) is 21.4 Å². The third-order valence-electron chi connectivity index (χ3n) is 2.04. The Labute approximate surface area is 95.4 Å². The lowest BCUT2D eigenvalue weighted by molar-refractivity contribution is -0.385. The molecule has 0 aliphatic carbocycles. The van der Waals surface area contributed by atoms with Crippen molar-refractivity contribution < 1.29 is 19.2 Å². The molecule has 7 heteroatoms. The van der Waals surface area contributed by atoms with E-state index >= 15 is 0 Å². The van der Waals surface area contributed by atoms with E-state index in [1.807, 2.05) is 0 Å². The number of rotatable bonds is 3. The molecule has 0 atom stereocenters. The number of nitro benzene ring substituents is 1. The molecule has 17 heavy (non-hydrogen) atoms. The van der Waals surface area contributed by atoms with Crippen molar-refractivity contribution in [2.45, 2.75) is 0 Å². The number of benzene rings is 1. The SMILES string of the molecule is COC(=O)c1ccc(C#N)c([N+](=O)[O-])c1C=O. The van der Waals surface area contributed by atoms with Crippen molar-refractivity contribution in [2.75, 3.05) is 7.11 Å². The molecule has 0 fully saturated rings. The number of aldehydes is 1. The molecule has 0 aliphatic heterocycles. The van der Waals surface area contributed by atoms with Crippen molar-refractivity contribution in [1.82, 2.24) is 0 Å². The second kappa shape index (κ2) is 4.85. The van der Waals surface area contributed by atoms with E-state index in [9.17, 15) is 19.7 Å². The summed E-state index contributed by atoms with van der Waals surface area (Å²) in [7, 11) is 1.08. The Bertz CT molecular complexity index is 544. The van der Waals surface area contributed by atoms with Crippen molar-refractivity contribution in [3.05, 3.63) is 38.9 Å². The Kier molecular flexibility index (Phi) is 3.51. The summed E-state index contributed by atoms with van der Waals surface area (Å²) in [5.74, 6) is -0.875. The van der Waals surface area contributed by atoms with Crippen molar-refractivity contribution in [1.29, 1.82) is 5.26 Å². The summed E-state index contributed by atoms with van der Waals surface area (Å²) in [5.41, 5.74) is -1.68. The molecule has 0 unspecified atom stereocenters. The van der Waals surface area contributed by atoms with Crippen LogP contribution in [0.15, 0.2) is 12.1 Å². The van der Waals surface area contributed by atoms with Crippen molar-refractivity contribution in [2.24, 2.45) is 0 Å². The lowest BCUT2D eigenvalue weighted by Gasteiger charge is -2.04. The Morgan fingerprint density at radius 2 is 2.24 bits per heavy atom. The van der Waals surface area contributed by atoms with E-state index in [4.69, 9.17) is 5.26 Å². The zero-order chi connectivity index (χ0) is 13.0. The zero-order valence-electron chi connectivity index (χ0n) is 8.67. The molecule has 0 amide bonds. The third kappa shape index (κ3) is 2.10. The average Bonchev–Trinajstić information content (AvgIpc) is 2.35. The molecule has 0 saturated heterocycles. The molecule has 0 N–H and O–H groups in total. The number of nitrogens with zero attached hydrogens (tertiary/aromatic N) is 2. The van der Waals surface area contributed by atoms with Gasteiger partial charge in [0, 0.05) is 0 Å². The molecule has 1 aromatic rings. The minimum atomic E-state index is -0.880. The summed E-state index contributed by atoms with van der Waals surface area (Å²) in [6.45, 7) is 0. The van der Waals surface area contributed by atoms with Crippen LogP contribution in [0.25, 0.3) is 0 Å². The molecule has 0 bridgehead atoms. The number of carbonyl (C=O) groups excluding carboxylic acids is 2. The highest BCUT2D eigenvalue weighted by Crippen LogP contribution is 2.25. The van der Waals surface area contributed by atoms with E-state index in [2.05, 4.69) is 4.74 Å². The van der Waals surface area contributed by atoms with Crippen LogP contribution in [-0.4, -0.2) is 24.3 Å². The van der Waals surface area contributed by atoms with Gasteiger partial charge in [-0.05, 0) is 12.1 Å². The second-order valence-corrected chi connectivity index (χ2v) is 2.90. The molecule has 0 radical (unpaired) electrons. The summed E-state index contributed by atoms with van der Waals surface area (Å²) in [4.78, 5) is 32.0. The number of hydrogen-bond acceptors (Lipinski definition) is 6. The van der Waals surface area contributed by atoms with E-state index in [-0.39, 0.29) is 17.4 Å². The summed E-state index contributed by atoms with van der Waals surface area (Å²) >= 11 is 0. The summed E-state index contributed by atoms with van der Waals surface area (Å²) in [6, 6.07) is 3.82. The molecule has 0 aliphatic rings. The van der Waals surface area contributed by atoms with Gasteiger partial charge in [0.05, 0.1) is 17.6 Å². The van der Waals surface area contributed by atoms with Crippen LogP contribution in [0.3, 0.4) is 0 Å². The summed E-state index contributed by atoms with van der Waals surface area (Å²) in [5, 5.41) is 19.5. The van der Waals surface area contributed by atoms with Gasteiger partial charge in [0.2, 0.25) is 0 Å². The fourth-order valence-corrected chi connectivity index (χ4v) is 1.30. The summed E-state index contributed by atoms with van der Waals surface area (Å²) in [6.07, 6.45) is 0.158. The topological polar surface area (TPSA) is 110 Å². The Morgan fingerprint density at radius 1 is 1.59 bits per heavy atom. The smallest absolute Gasteiger partial charge is 0.338 e. The number of nitro groups is 1. The van der Waals surface area contributed by atoms with Crippen molar-refractivity contribution in [3.63, 3.8) is 0 Å². The van der Waals surface area contributed by atoms with Gasteiger partial charge in [0.25, 0.3) is 5.69 Å². The van der Waals surface area contributed by atoms with Crippen LogP contribution < -0.4 is 0 Å². The lowest BCUT2D eigenvalue weighted by Crippen LogP contribution is -2.09. The monoisotopic (exact) mass is 234 g/mol. The third-order valence-corrected chi connectivity index (χ3v) is 2.04. The van der Waals surface area contributed by atoms with Gasteiger partial charge in [0.1, 0.15) is 17.2 Å². The number of esters is 1. The van der Waals surface area contributed by atoms with Crippen molar-refractivity contribution >= 4 is 17.9 Å². The molecule has 1 rings (SSSR count). The Balaban J connectivity index is 3.65. The lowest BCUT2D eigenvalue weighted by atomic mass is 10.0. The minimum absolute atomic E-state index is 0.158. The van der Waals surface area contributed by atoms with Crippen LogP contribution in [0.4, 0.5) is 5.69 Å². The highest BCUT2D eigenvalue weighted by atomic mass is 16.6. The molecule has 0 heterocycles. The molecule has 0 saturated carbocycles. The molecule has 86 valence electrons. The maximum absolute atomic E-state index is 11.3. The predicted octanol–water partition coefficient (Wildman–Crippen LogP) is 1.07. The number of methoxy groups -OCH3 is 1. The minimum Gasteiger partial charge on any atom is -0.465 e. The van der Waals surface area contributed by atoms with E-state index < -0.39 is 22.1 Å². The van der Waals surface area contributed by atoms with Crippen molar-refractivity contribution in [3.8, 4) is 6.07 Å². The molecule has 0 aromatic heterocycles. The van der Waals surface area contributed by atoms with Gasteiger partial charge >= 0.3 is 5.97 Å². The Morgan fingerprint density at radius 3 is 2.65 bits per heavy atom. The number of hydrogen-bond donors (Lipinski definition) is 0. The molecule has 0 spiro atoms. The van der Waals surface area contributed by atoms with Crippen LogP contribution in [0.1, 0.15) is 26.3 Å². The molecule has 7 nitrogen and oxygen atoms in total. The van der Waals surface area contributed by atoms with E-state index in [1.54, 1.807) is 6.07 Å². The van der Waals surface area contributed by atoms with Gasteiger partial charge in [0.15, 0.2) is 6.29 Å². The van der Waals surface area contributed by atoms with Gasteiger partial charge in [-0.2, -0.15) is 5.26 Å². The van der Waals surface area contributed by atoms with Crippen LogP contribution >= 0.6 is 0 Å². The number of ether oxygens (including phenoxy) is 1. The van der Waals surface area contributed by atoms with E-state index in [0.29, 0.717) is 0 Å². The fraction of sp³-hybridized carbons (Fsp3) is 0.100. The van der Waals surface area contributed by atoms with Crippen LogP contribution in [0.5, 0.6) is 0 Å². The zero-order valence-corrected chi connectivity index (χ0v) is 8.67. The first-order valence-corrected chi connectivity index (χ1v) is 4.31. The highest BCUT2D eigenvalue weighted by Gasteiger charge is 2.26. The molecular formula is C10H6N2O5. The maximum atomic E-state index is 11.3. The maximum Gasteiger partial charge on any atom is 0.338 e. The number of carbonyl (C=O) groups is 2. The largest absolute Gasteiger partial charge is 0.465 e. The van der Waals surface area contributed by atoms with Crippen LogP contribution in [-0.2, 0) is 4.74 Å². The van der Waals surface area contributed by atoms with E-state index in [0.717, 1.165) is 19.2 Å². The standard InChI is InChI=1S/C10H6N2O5/c1-17-10(14)7-3-2-6(4-11)9(12(15)16)8(7)5-13/h2-3,5H,1H3. The van der Waals surface area contributed by atoms with E-state index in [1.165, 1.54) is 0 Å². The average molecular weight is 234 g/mol. The van der Waals surface area contributed by atoms with Gasteiger partial charge in [-0.15, -0.1) is 0 Å².